The molecule has 1 aromatic heterocycles. The Labute approximate surface area is 82.9 Å². The average molecular weight is 250 g/mol. The number of carbonyl (C=O) groups is 1. The lowest BCUT2D eigenvalue weighted by molar-refractivity contribution is 0.0798. The van der Waals surface area contributed by atoms with Crippen LogP contribution in [0.5, 0.6) is 0 Å². The fourth-order valence-corrected chi connectivity index (χ4v) is 1.64. The first-order chi connectivity index (χ1) is 5.75. The van der Waals surface area contributed by atoms with Gasteiger partial charge < -0.3 is 4.90 Å². The van der Waals surface area contributed by atoms with Crippen LogP contribution in [-0.2, 0) is 0 Å². The molecule has 0 bridgehead atoms. The van der Waals surface area contributed by atoms with Crippen molar-refractivity contribution in [3.8, 4) is 0 Å². The van der Waals surface area contributed by atoms with Crippen LogP contribution in [0, 0.1) is 0 Å². The van der Waals surface area contributed by atoms with E-state index in [2.05, 4.69) is 25.5 Å². The van der Waals surface area contributed by atoms with E-state index in [1.54, 1.807) is 17.3 Å². The Balaban J connectivity index is 2.59. The van der Waals surface area contributed by atoms with Gasteiger partial charge in [0, 0.05) is 24.3 Å². The van der Waals surface area contributed by atoms with Crippen LogP contribution in [0.15, 0.2) is 5.38 Å². The van der Waals surface area contributed by atoms with E-state index < -0.39 is 0 Å². The molecule has 1 amide bonds. The number of nitrogens with zero attached hydrogens (tertiary/aromatic N) is 3. The number of alkyl halides is 1. The van der Waals surface area contributed by atoms with Crippen LogP contribution in [0.2, 0.25) is 0 Å². The third-order valence-electron chi connectivity index (χ3n) is 1.35. The van der Waals surface area contributed by atoms with Gasteiger partial charge in [-0.25, -0.2) is 0 Å². The summed E-state index contributed by atoms with van der Waals surface area (Å²) in [5.74, 6) is -0.0804. The lowest BCUT2D eigenvalue weighted by Gasteiger charge is -2.12. The Morgan fingerprint density at radius 3 is 3.08 bits per heavy atom. The molecule has 0 radical (unpaired) electrons. The van der Waals surface area contributed by atoms with Gasteiger partial charge in [-0.05, 0) is 11.5 Å². The number of aromatic nitrogens is 2. The number of rotatable bonds is 3. The smallest absolute Gasteiger partial charge is 0.275 e. The lowest BCUT2D eigenvalue weighted by atomic mass is 10.4. The van der Waals surface area contributed by atoms with Gasteiger partial charge in [0.2, 0.25) is 0 Å². The van der Waals surface area contributed by atoms with Gasteiger partial charge in [0.15, 0.2) is 5.69 Å². The minimum atomic E-state index is -0.0804. The van der Waals surface area contributed by atoms with Crippen LogP contribution in [-0.4, -0.2) is 39.3 Å². The summed E-state index contributed by atoms with van der Waals surface area (Å²) in [4.78, 5) is 13.0. The molecule has 1 rings (SSSR count). The third-order valence-corrected chi connectivity index (χ3v) is 2.21. The highest BCUT2D eigenvalue weighted by atomic mass is 79.9. The second-order valence-electron chi connectivity index (χ2n) is 2.21. The molecule has 1 heterocycles. The van der Waals surface area contributed by atoms with Crippen LogP contribution in [0.3, 0.4) is 0 Å². The van der Waals surface area contributed by atoms with Gasteiger partial charge in [0.1, 0.15) is 0 Å². The molecule has 6 heteroatoms. The quantitative estimate of drug-likeness (QED) is 0.752. The Kier molecular flexibility index (Phi) is 3.61. The molecule has 0 atom stereocenters. The van der Waals surface area contributed by atoms with E-state index in [4.69, 9.17) is 0 Å². The molecule has 0 fully saturated rings. The SMILES string of the molecule is CN(CCBr)C(=O)c1csnn1. The molecule has 4 nitrogen and oxygen atoms in total. The predicted octanol–water partition coefficient (Wildman–Crippen LogP) is 1.00. The van der Waals surface area contributed by atoms with Gasteiger partial charge in [-0.2, -0.15) is 0 Å². The molecule has 1 aromatic rings. The Morgan fingerprint density at radius 1 is 1.83 bits per heavy atom. The molecule has 66 valence electrons. The van der Waals surface area contributed by atoms with E-state index >= 15 is 0 Å². The Morgan fingerprint density at radius 2 is 2.58 bits per heavy atom. The van der Waals surface area contributed by atoms with Crippen molar-refractivity contribution in [1.29, 1.82) is 0 Å². The molecule has 0 saturated carbocycles. The summed E-state index contributed by atoms with van der Waals surface area (Å²) < 4.78 is 3.62. The Hall–Kier alpha value is -0.490. The summed E-state index contributed by atoms with van der Waals surface area (Å²) in [7, 11) is 1.74. The van der Waals surface area contributed by atoms with Gasteiger partial charge in [-0.15, -0.1) is 5.10 Å². The minimum Gasteiger partial charge on any atom is -0.339 e. The average Bonchev–Trinajstić information content (AvgIpc) is 2.55. The predicted molar refractivity (Wildman–Crippen MR) is 50.7 cm³/mol. The number of halogens is 1. The summed E-state index contributed by atoms with van der Waals surface area (Å²) in [6, 6.07) is 0. The van der Waals surface area contributed by atoms with Gasteiger partial charge in [0.05, 0.1) is 0 Å². The summed E-state index contributed by atoms with van der Waals surface area (Å²) >= 11 is 4.44. The molecular weight excluding hydrogens is 242 g/mol. The van der Waals surface area contributed by atoms with Crippen molar-refractivity contribution in [3.63, 3.8) is 0 Å². The second-order valence-corrected chi connectivity index (χ2v) is 3.61. The number of hydrogen-bond donors (Lipinski definition) is 0. The van der Waals surface area contributed by atoms with E-state index in [0.29, 0.717) is 12.2 Å². The fraction of sp³-hybridized carbons (Fsp3) is 0.500. The molecular formula is C6H8BrN3OS. The summed E-state index contributed by atoms with van der Waals surface area (Å²) in [5, 5.41) is 6.10. The number of hydrogen-bond acceptors (Lipinski definition) is 4. The highest BCUT2D eigenvalue weighted by Gasteiger charge is 2.12. The first-order valence-corrected chi connectivity index (χ1v) is 5.30. The normalized spacial score (nSPS) is 9.83. The number of amides is 1. The zero-order valence-electron chi connectivity index (χ0n) is 6.53. The summed E-state index contributed by atoms with van der Waals surface area (Å²) in [5.41, 5.74) is 0.420. The second kappa shape index (κ2) is 4.51. The maximum Gasteiger partial charge on any atom is 0.275 e. The topological polar surface area (TPSA) is 46.1 Å². The van der Waals surface area contributed by atoms with E-state index in [9.17, 15) is 4.79 Å². The first kappa shape index (κ1) is 9.60. The third kappa shape index (κ3) is 2.25. The molecule has 0 aliphatic carbocycles. The van der Waals surface area contributed by atoms with Crippen molar-refractivity contribution >= 4 is 33.4 Å². The van der Waals surface area contributed by atoms with Crippen LogP contribution >= 0.6 is 27.5 Å². The van der Waals surface area contributed by atoms with Crippen molar-refractivity contribution in [2.75, 3.05) is 18.9 Å². The van der Waals surface area contributed by atoms with Gasteiger partial charge >= 0.3 is 0 Å². The first-order valence-electron chi connectivity index (χ1n) is 3.34. The minimum absolute atomic E-state index is 0.0804. The van der Waals surface area contributed by atoms with E-state index in [0.717, 1.165) is 5.33 Å². The van der Waals surface area contributed by atoms with Crippen molar-refractivity contribution < 1.29 is 4.79 Å². The Bertz CT molecular complexity index is 251. The maximum absolute atomic E-state index is 11.4. The molecule has 0 unspecified atom stereocenters. The molecule has 0 aromatic carbocycles. The van der Waals surface area contributed by atoms with Crippen molar-refractivity contribution in [2.45, 2.75) is 0 Å². The van der Waals surface area contributed by atoms with E-state index in [1.807, 2.05) is 0 Å². The monoisotopic (exact) mass is 249 g/mol. The summed E-state index contributed by atoms with van der Waals surface area (Å²) in [6.45, 7) is 0.677. The van der Waals surface area contributed by atoms with Crippen LogP contribution in [0.1, 0.15) is 10.5 Å². The lowest BCUT2D eigenvalue weighted by Crippen LogP contribution is -2.28. The molecule has 0 saturated heterocycles. The van der Waals surface area contributed by atoms with Crippen LogP contribution in [0.4, 0.5) is 0 Å². The standard InChI is InChI=1S/C6H8BrN3OS/c1-10(3-2-7)6(11)5-4-12-9-8-5/h4H,2-3H2,1H3. The van der Waals surface area contributed by atoms with E-state index in [1.165, 1.54) is 11.5 Å². The van der Waals surface area contributed by atoms with Crippen molar-refractivity contribution in [1.82, 2.24) is 14.5 Å². The maximum atomic E-state index is 11.4. The summed E-state index contributed by atoms with van der Waals surface area (Å²) in [6.07, 6.45) is 0. The molecule has 0 N–H and O–H groups in total. The van der Waals surface area contributed by atoms with Gasteiger partial charge in [0.25, 0.3) is 5.91 Å². The molecule has 12 heavy (non-hydrogen) atoms. The van der Waals surface area contributed by atoms with Crippen molar-refractivity contribution in [3.05, 3.63) is 11.1 Å². The molecule has 0 spiro atoms. The molecule has 0 aliphatic heterocycles. The highest BCUT2D eigenvalue weighted by molar-refractivity contribution is 9.09. The largest absolute Gasteiger partial charge is 0.339 e. The van der Waals surface area contributed by atoms with Gasteiger partial charge in [-0.1, -0.05) is 20.4 Å². The van der Waals surface area contributed by atoms with Crippen molar-refractivity contribution in [2.24, 2.45) is 0 Å². The fourth-order valence-electron chi connectivity index (χ4n) is 0.682. The van der Waals surface area contributed by atoms with Crippen LogP contribution in [0.25, 0.3) is 0 Å². The zero-order chi connectivity index (χ0) is 8.97. The highest BCUT2D eigenvalue weighted by Crippen LogP contribution is 2.01. The van der Waals surface area contributed by atoms with Crippen LogP contribution < -0.4 is 0 Å². The van der Waals surface area contributed by atoms with Gasteiger partial charge in [-0.3, -0.25) is 4.79 Å². The zero-order valence-corrected chi connectivity index (χ0v) is 8.93. The number of carbonyl (C=O) groups excluding carboxylic acids is 1. The van der Waals surface area contributed by atoms with E-state index in [-0.39, 0.29) is 5.91 Å². The molecule has 0 aliphatic rings.